The molecular formula is C15H19NO3S. The normalized spacial score (nSPS) is 17.4. The molecule has 0 bridgehead atoms. The molecule has 4 nitrogen and oxygen atoms in total. The fraction of sp³-hybridized carbons (Fsp3) is 0.533. The number of carbonyl (C=O) groups excluding carboxylic acids is 1. The van der Waals surface area contributed by atoms with Crippen molar-refractivity contribution in [3.8, 4) is 11.5 Å². The van der Waals surface area contributed by atoms with Crippen molar-refractivity contribution >= 4 is 17.7 Å². The molecule has 1 aromatic rings. The monoisotopic (exact) mass is 293 g/mol. The molecule has 20 heavy (non-hydrogen) atoms. The van der Waals surface area contributed by atoms with Crippen LogP contribution >= 0.6 is 11.8 Å². The molecule has 0 saturated heterocycles. The van der Waals surface area contributed by atoms with Crippen LogP contribution in [0.1, 0.15) is 31.2 Å². The first kappa shape index (κ1) is 13.6. The molecule has 1 saturated carbocycles. The maximum atomic E-state index is 11.8. The topological polar surface area (TPSA) is 47.6 Å². The predicted octanol–water partition coefficient (Wildman–Crippen LogP) is 2.71. The molecular weight excluding hydrogens is 274 g/mol. The number of hydrogen-bond donors (Lipinski definition) is 1. The van der Waals surface area contributed by atoms with Crippen LogP contribution in [0.5, 0.6) is 11.5 Å². The largest absolute Gasteiger partial charge is 0.454 e. The number of ether oxygens (including phenoxy) is 2. The maximum absolute atomic E-state index is 11.8. The number of fused-ring (bicyclic) bond motifs is 1. The summed E-state index contributed by atoms with van der Waals surface area (Å²) in [4.78, 5) is 11.8. The van der Waals surface area contributed by atoms with Gasteiger partial charge in [-0.05, 0) is 30.5 Å². The third kappa shape index (κ3) is 3.39. The van der Waals surface area contributed by atoms with Crippen LogP contribution in [0.25, 0.3) is 0 Å². The van der Waals surface area contributed by atoms with Crippen LogP contribution < -0.4 is 14.8 Å². The second kappa shape index (κ2) is 6.39. The van der Waals surface area contributed by atoms with E-state index in [0.717, 1.165) is 17.1 Å². The van der Waals surface area contributed by atoms with Crippen LogP contribution in [-0.2, 0) is 11.3 Å². The number of amides is 1. The third-order valence-electron chi connectivity index (χ3n) is 3.68. The van der Waals surface area contributed by atoms with E-state index in [1.54, 1.807) is 11.8 Å². The predicted molar refractivity (Wildman–Crippen MR) is 79.1 cm³/mol. The van der Waals surface area contributed by atoms with Crippen LogP contribution in [0.15, 0.2) is 18.2 Å². The molecule has 1 aromatic carbocycles. The van der Waals surface area contributed by atoms with Crippen LogP contribution in [0.2, 0.25) is 0 Å². The Morgan fingerprint density at radius 2 is 2.05 bits per heavy atom. The number of nitrogens with one attached hydrogen (secondary N) is 1. The zero-order chi connectivity index (χ0) is 13.8. The molecule has 0 unspecified atom stereocenters. The molecule has 108 valence electrons. The number of rotatable bonds is 5. The molecule has 2 aliphatic rings. The highest BCUT2D eigenvalue weighted by Crippen LogP contribution is 2.32. The molecule has 0 radical (unpaired) electrons. The summed E-state index contributed by atoms with van der Waals surface area (Å²) in [6.07, 6.45) is 5.16. The molecule has 1 N–H and O–H groups in total. The number of carbonyl (C=O) groups is 1. The fourth-order valence-corrected chi connectivity index (χ4v) is 3.71. The SMILES string of the molecule is O=C(CSC1CCCC1)NCc1ccc2c(c1)OCO2. The second-order valence-electron chi connectivity index (χ2n) is 5.18. The van der Waals surface area contributed by atoms with Crippen molar-refractivity contribution < 1.29 is 14.3 Å². The lowest BCUT2D eigenvalue weighted by atomic mass is 10.2. The molecule has 1 fully saturated rings. The third-order valence-corrected chi connectivity index (χ3v) is 5.05. The molecule has 1 heterocycles. The van der Waals surface area contributed by atoms with Gasteiger partial charge in [0.25, 0.3) is 0 Å². The van der Waals surface area contributed by atoms with E-state index in [4.69, 9.17) is 9.47 Å². The molecule has 0 atom stereocenters. The van der Waals surface area contributed by atoms with E-state index in [9.17, 15) is 4.79 Å². The molecule has 3 rings (SSSR count). The van der Waals surface area contributed by atoms with E-state index in [1.807, 2.05) is 18.2 Å². The molecule has 1 amide bonds. The second-order valence-corrected chi connectivity index (χ2v) is 6.47. The van der Waals surface area contributed by atoms with Crippen LogP contribution in [0.3, 0.4) is 0 Å². The Hall–Kier alpha value is -1.36. The van der Waals surface area contributed by atoms with Gasteiger partial charge in [-0.2, -0.15) is 0 Å². The van der Waals surface area contributed by atoms with Gasteiger partial charge in [0.15, 0.2) is 11.5 Å². The zero-order valence-electron chi connectivity index (χ0n) is 11.4. The first-order valence-electron chi connectivity index (χ1n) is 7.08. The van der Waals surface area contributed by atoms with Gasteiger partial charge in [0.2, 0.25) is 12.7 Å². The lowest BCUT2D eigenvalue weighted by Crippen LogP contribution is -2.25. The molecule has 1 aliphatic carbocycles. The number of benzene rings is 1. The van der Waals surface area contributed by atoms with E-state index < -0.39 is 0 Å². The van der Waals surface area contributed by atoms with Gasteiger partial charge in [-0.15, -0.1) is 11.8 Å². The van der Waals surface area contributed by atoms with Crippen LogP contribution in [-0.4, -0.2) is 23.7 Å². The molecule has 5 heteroatoms. The highest BCUT2D eigenvalue weighted by molar-refractivity contribution is 8.00. The van der Waals surface area contributed by atoms with Crippen molar-refractivity contribution in [2.24, 2.45) is 0 Å². The van der Waals surface area contributed by atoms with E-state index in [0.29, 0.717) is 17.5 Å². The highest BCUT2D eigenvalue weighted by atomic mass is 32.2. The van der Waals surface area contributed by atoms with Crippen molar-refractivity contribution in [2.75, 3.05) is 12.5 Å². The van der Waals surface area contributed by atoms with Crippen molar-refractivity contribution in [1.82, 2.24) is 5.32 Å². The number of thioether (sulfide) groups is 1. The first-order valence-corrected chi connectivity index (χ1v) is 8.13. The van der Waals surface area contributed by atoms with Gasteiger partial charge in [-0.1, -0.05) is 18.9 Å². The Morgan fingerprint density at radius 1 is 1.25 bits per heavy atom. The summed E-state index contributed by atoms with van der Waals surface area (Å²) in [7, 11) is 0. The van der Waals surface area contributed by atoms with Gasteiger partial charge in [0.1, 0.15) is 0 Å². The highest BCUT2D eigenvalue weighted by Gasteiger charge is 2.17. The first-order chi connectivity index (χ1) is 9.81. The Morgan fingerprint density at radius 3 is 2.90 bits per heavy atom. The summed E-state index contributed by atoms with van der Waals surface area (Å²) in [6, 6.07) is 5.77. The minimum atomic E-state index is 0.111. The van der Waals surface area contributed by atoms with E-state index in [1.165, 1.54) is 25.7 Å². The minimum absolute atomic E-state index is 0.111. The smallest absolute Gasteiger partial charge is 0.231 e. The Labute approximate surface area is 123 Å². The Balaban J connectivity index is 1.43. The van der Waals surface area contributed by atoms with Crippen molar-refractivity contribution in [2.45, 2.75) is 37.5 Å². The average molecular weight is 293 g/mol. The minimum Gasteiger partial charge on any atom is -0.454 e. The van der Waals surface area contributed by atoms with E-state index in [2.05, 4.69) is 5.32 Å². The average Bonchev–Trinajstić information content (AvgIpc) is 3.13. The van der Waals surface area contributed by atoms with Gasteiger partial charge in [0.05, 0.1) is 5.75 Å². The van der Waals surface area contributed by atoms with Crippen LogP contribution in [0, 0.1) is 0 Å². The lowest BCUT2D eigenvalue weighted by Gasteiger charge is -2.09. The molecule has 1 aliphatic heterocycles. The van der Waals surface area contributed by atoms with E-state index >= 15 is 0 Å². The van der Waals surface area contributed by atoms with Gasteiger partial charge in [-0.3, -0.25) is 4.79 Å². The summed E-state index contributed by atoms with van der Waals surface area (Å²) in [5.41, 5.74) is 1.04. The summed E-state index contributed by atoms with van der Waals surface area (Å²) in [5.74, 6) is 2.21. The summed E-state index contributed by atoms with van der Waals surface area (Å²) in [5, 5.41) is 3.64. The Kier molecular flexibility index (Phi) is 4.35. The maximum Gasteiger partial charge on any atom is 0.231 e. The van der Waals surface area contributed by atoms with Crippen molar-refractivity contribution in [1.29, 1.82) is 0 Å². The van der Waals surface area contributed by atoms with Crippen molar-refractivity contribution in [3.05, 3.63) is 23.8 Å². The standard InChI is InChI=1S/C15H19NO3S/c17-15(9-20-12-3-1-2-4-12)16-8-11-5-6-13-14(7-11)19-10-18-13/h5-7,12H,1-4,8-10H2,(H,16,17). The summed E-state index contributed by atoms with van der Waals surface area (Å²) >= 11 is 1.79. The summed E-state index contributed by atoms with van der Waals surface area (Å²) in [6.45, 7) is 0.823. The van der Waals surface area contributed by atoms with Gasteiger partial charge in [0, 0.05) is 11.8 Å². The van der Waals surface area contributed by atoms with E-state index in [-0.39, 0.29) is 12.7 Å². The van der Waals surface area contributed by atoms with Crippen molar-refractivity contribution in [3.63, 3.8) is 0 Å². The van der Waals surface area contributed by atoms with Gasteiger partial charge >= 0.3 is 0 Å². The summed E-state index contributed by atoms with van der Waals surface area (Å²) < 4.78 is 10.6. The van der Waals surface area contributed by atoms with Gasteiger partial charge < -0.3 is 14.8 Å². The quantitative estimate of drug-likeness (QED) is 0.907. The Bertz CT molecular complexity index is 486. The molecule has 0 aromatic heterocycles. The number of hydrogen-bond acceptors (Lipinski definition) is 4. The van der Waals surface area contributed by atoms with Gasteiger partial charge in [-0.25, -0.2) is 0 Å². The molecule has 0 spiro atoms. The zero-order valence-corrected chi connectivity index (χ0v) is 12.2. The lowest BCUT2D eigenvalue weighted by molar-refractivity contribution is -0.118. The fourth-order valence-electron chi connectivity index (χ4n) is 2.55. The van der Waals surface area contributed by atoms with Crippen LogP contribution in [0.4, 0.5) is 0 Å².